The lowest BCUT2D eigenvalue weighted by molar-refractivity contribution is 0.102. The lowest BCUT2D eigenvalue weighted by Crippen LogP contribution is -2.13. The van der Waals surface area contributed by atoms with Crippen LogP contribution in [0.4, 0.5) is 5.69 Å². The summed E-state index contributed by atoms with van der Waals surface area (Å²) in [6.07, 6.45) is 0. The lowest BCUT2D eigenvalue weighted by Gasteiger charge is -2.07. The summed E-state index contributed by atoms with van der Waals surface area (Å²) in [7, 11) is 0. The highest BCUT2D eigenvalue weighted by Crippen LogP contribution is 2.23. The van der Waals surface area contributed by atoms with Crippen LogP contribution < -0.4 is 5.32 Å². The van der Waals surface area contributed by atoms with Gasteiger partial charge in [-0.15, -0.1) is 0 Å². The molecule has 1 amide bonds. The number of carbonyl (C=O) groups is 1. The molecular formula is C16H11ClN2O2. The average molecular weight is 299 g/mol. The molecule has 2 N–H and O–H groups in total. The highest BCUT2D eigenvalue weighted by molar-refractivity contribution is 6.34. The summed E-state index contributed by atoms with van der Waals surface area (Å²) in [5.74, 6) is -0.215. The zero-order chi connectivity index (χ0) is 14.8. The van der Waals surface area contributed by atoms with Gasteiger partial charge in [-0.05, 0) is 35.7 Å². The number of carbonyl (C=O) groups excluding carboxylic acids is 1. The predicted octanol–water partition coefficient (Wildman–Crippen LogP) is 3.85. The molecule has 0 atom stereocenters. The number of nitrogens with zero attached hydrogens (tertiary/aromatic N) is 1. The second-order valence-electron chi connectivity index (χ2n) is 4.52. The molecule has 21 heavy (non-hydrogen) atoms. The Balaban J connectivity index is 1.92. The largest absolute Gasteiger partial charge is 0.508 e. The van der Waals surface area contributed by atoms with Crippen molar-refractivity contribution in [2.24, 2.45) is 0 Å². The Morgan fingerprint density at radius 1 is 1.10 bits per heavy atom. The molecule has 104 valence electrons. The van der Waals surface area contributed by atoms with E-state index in [2.05, 4.69) is 10.3 Å². The number of rotatable bonds is 2. The highest BCUT2D eigenvalue weighted by atomic mass is 35.5. The second kappa shape index (κ2) is 5.42. The van der Waals surface area contributed by atoms with Crippen LogP contribution in [-0.4, -0.2) is 16.0 Å². The summed E-state index contributed by atoms with van der Waals surface area (Å²) < 4.78 is 0. The molecule has 2 aromatic carbocycles. The van der Waals surface area contributed by atoms with E-state index in [1.54, 1.807) is 18.2 Å². The number of amides is 1. The molecule has 0 fully saturated rings. The van der Waals surface area contributed by atoms with Gasteiger partial charge in [-0.2, -0.15) is 0 Å². The van der Waals surface area contributed by atoms with Crippen LogP contribution in [0.25, 0.3) is 10.8 Å². The van der Waals surface area contributed by atoms with Crippen LogP contribution in [0.5, 0.6) is 5.75 Å². The van der Waals surface area contributed by atoms with Gasteiger partial charge in [-0.3, -0.25) is 4.79 Å². The van der Waals surface area contributed by atoms with Gasteiger partial charge in [0.25, 0.3) is 5.91 Å². The zero-order valence-electron chi connectivity index (χ0n) is 10.9. The smallest absolute Gasteiger partial charge is 0.274 e. The number of phenols is 1. The molecule has 0 spiro atoms. The zero-order valence-corrected chi connectivity index (χ0v) is 11.6. The first-order valence-electron chi connectivity index (χ1n) is 6.29. The van der Waals surface area contributed by atoms with Crippen LogP contribution in [0.2, 0.25) is 5.15 Å². The summed E-state index contributed by atoms with van der Waals surface area (Å²) in [5, 5.41) is 13.9. The molecule has 3 rings (SSSR count). The first kappa shape index (κ1) is 13.4. The summed E-state index contributed by atoms with van der Waals surface area (Å²) in [4.78, 5) is 16.3. The van der Waals surface area contributed by atoms with Crippen molar-refractivity contribution < 1.29 is 9.90 Å². The molecule has 5 heteroatoms. The summed E-state index contributed by atoms with van der Waals surface area (Å²) in [6.45, 7) is 0. The van der Waals surface area contributed by atoms with E-state index >= 15 is 0 Å². The minimum absolute atomic E-state index is 0.139. The van der Waals surface area contributed by atoms with Crippen LogP contribution in [0.1, 0.15) is 10.5 Å². The van der Waals surface area contributed by atoms with Gasteiger partial charge in [0.2, 0.25) is 0 Å². The number of nitrogens with one attached hydrogen (secondary N) is 1. The van der Waals surface area contributed by atoms with Crippen molar-refractivity contribution in [1.29, 1.82) is 0 Å². The van der Waals surface area contributed by atoms with Gasteiger partial charge in [-0.25, -0.2) is 4.98 Å². The number of aromatic nitrogens is 1. The number of hydrogen-bond donors (Lipinski definition) is 2. The van der Waals surface area contributed by atoms with E-state index in [1.807, 2.05) is 24.3 Å². The van der Waals surface area contributed by atoms with E-state index in [0.29, 0.717) is 10.8 Å². The number of aromatic hydroxyl groups is 1. The van der Waals surface area contributed by atoms with Gasteiger partial charge in [0.1, 0.15) is 16.6 Å². The molecule has 1 aromatic heterocycles. The van der Waals surface area contributed by atoms with Gasteiger partial charge in [0.15, 0.2) is 0 Å². The van der Waals surface area contributed by atoms with Crippen LogP contribution in [0.3, 0.4) is 0 Å². The number of benzene rings is 2. The Morgan fingerprint density at radius 2 is 1.81 bits per heavy atom. The Kier molecular flexibility index (Phi) is 3.46. The Hall–Kier alpha value is -2.59. The van der Waals surface area contributed by atoms with Crippen molar-refractivity contribution in [2.75, 3.05) is 5.32 Å². The molecule has 0 unspecified atom stereocenters. The van der Waals surface area contributed by atoms with Gasteiger partial charge >= 0.3 is 0 Å². The van der Waals surface area contributed by atoms with Crippen molar-refractivity contribution >= 4 is 34.0 Å². The molecule has 0 saturated carbocycles. The number of fused-ring (bicyclic) bond motifs is 1. The van der Waals surface area contributed by atoms with Crippen molar-refractivity contribution in [2.45, 2.75) is 0 Å². The maximum absolute atomic E-state index is 12.2. The van der Waals surface area contributed by atoms with E-state index in [1.165, 1.54) is 12.1 Å². The molecule has 0 aliphatic heterocycles. The molecule has 0 aliphatic carbocycles. The number of phenolic OH excluding ortho intramolecular Hbond substituents is 1. The molecular weight excluding hydrogens is 288 g/mol. The lowest BCUT2D eigenvalue weighted by atomic mass is 10.1. The van der Waals surface area contributed by atoms with Crippen LogP contribution >= 0.6 is 11.6 Å². The first-order valence-corrected chi connectivity index (χ1v) is 6.67. The minimum Gasteiger partial charge on any atom is -0.508 e. The quantitative estimate of drug-likeness (QED) is 0.558. The standard InChI is InChI=1S/C16H11ClN2O2/c17-15-13-4-2-1-3-10(13)9-14(19-15)16(21)18-11-5-7-12(20)8-6-11/h1-9,20H,(H,18,21). The Labute approximate surface area is 126 Å². The van der Waals surface area contributed by atoms with Crippen molar-refractivity contribution in [3.05, 3.63) is 65.4 Å². The molecule has 4 nitrogen and oxygen atoms in total. The number of hydrogen-bond acceptors (Lipinski definition) is 3. The highest BCUT2D eigenvalue weighted by Gasteiger charge is 2.11. The summed E-state index contributed by atoms with van der Waals surface area (Å²) >= 11 is 6.11. The number of halogens is 1. The molecule has 1 heterocycles. The van der Waals surface area contributed by atoms with Gasteiger partial charge in [0.05, 0.1) is 0 Å². The fourth-order valence-corrected chi connectivity index (χ4v) is 2.28. The van der Waals surface area contributed by atoms with Crippen molar-refractivity contribution in [1.82, 2.24) is 4.98 Å². The monoisotopic (exact) mass is 298 g/mol. The van der Waals surface area contributed by atoms with Crippen molar-refractivity contribution in [3.8, 4) is 5.75 Å². The minimum atomic E-state index is -0.353. The second-order valence-corrected chi connectivity index (χ2v) is 4.88. The van der Waals surface area contributed by atoms with E-state index in [-0.39, 0.29) is 17.4 Å². The predicted molar refractivity (Wildman–Crippen MR) is 82.8 cm³/mol. The van der Waals surface area contributed by atoms with E-state index in [0.717, 1.165) is 10.8 Å². The number of anilines is 1. The molecule has 0 bridgehead atoms. The van der Waals surface area contributed by atoms with E-state index in [4.69, 9.17) is 11.6 Å². The maximum Gasteiger partial charge on any atom is 0.274 e. The fraction of sp³-hybridized carbons (Fsp3) is 0. The summed E-state index contributed by atoms with van der Waals surface area (Å²) in [6, 6.07) is 15.4. The summed E-state index contributed by atoms with van der Waals surface area (Å²) in [5.41, 5.74) is 0.815. The normalized spacial score (nSPS) is 10.5. The SMILES string of the molecule is O=C(Nc1ccc(O)cc1)c1cc2ccccc2c(Cl)n1. The molecule has 3 aromatic rings. The Morgan fingerprint density at radius 3 is 2.57 bits per heavy atom. The molecule has 0 aliphatic rings. The van der Waals surface area contributed by atoms with Crippen LogP contribution in [0, 0.1) is 0 Å². The Bertz CT molecular complexity index is 816. The van der Waals surface area contributed by atoms with Gasteiger partial charge < -0.3 is 10.4 Å². The van der Waals surface area contributed by atoms with Crippen LogP contribution in [-0.2, 0) is 0 Å². The van der Waals surface area contributed by atoms with Gasteiger partial charge in [0, 0.05) is 11.1 Å². The third-order valence-corrected chi connectivity index (χ3v) is 3.34. The third-order valence-electron chi connectivity index (χ3n) is 3.05. The van der Waals surface area contributed by atoms with Crippen LogP contribution in [0.15, 0.2) is 54.6 Å². The third kappa shape index (κ3) is 2.80. The first-order chi connectivity index (χ1) is 10.1. The van der Waals surface area contributed by atoms with Gasteiger partial charge in [-0.1, -0.05) is 35.9 Å². The topological polar surface area (TPSA) is 62.2 Å². The average Bonchev–Trinajstić information content (AvgIpc) is 2.49. The van der Waals surface area contributed by atoms with E-state index < -0.39 is 0 Å². The fourth-order valence-electron chi connectivity index (χ4n) is 2.01. The maximum atomic E-state index is 12.2. The molecule has 0 saturated heterocycles. The van der Waals surface area contributed by atoms with Crippen molar-refractivity contribution in [3.63, 3.8) is 0 Å². The van der Waals surface area contributed by atoms with E-state index in [9.17, 15) is 9.90 Å². The molecule has 0 radical (unpaired) electrons. The number of pyridine rings is 1.